The monoisotopic (exact) mass is 346 g/mol. The lowest BCUT2D eigenvalue weighted by atomic mass is 10.2. The van der Waals surface area contributed by atoms with Gasteiger partial charge in [0.25, 0.3) is 5.91 Å². The summed E-state index contributed by atoms with van der Waals surface area (Å²) in [5.41, 5.74) is 1.23. The number of likely N-dealkylation sites (tertiary alicyclic amines) is 1. The van der Waals surface area contributed by atoms with Gasteiger partial charge in [0.15, 0.2) is 6.61 Å². The Bertz CT molecular complexity index is 596. The molecule has 0 aromatic heterocycles. The van der Waals surface area contributed by atoms with Gasteiger partial charge in [0.2, 0.25) is 5.91 Å². The molecule has 2 aliphatic rings. The van der Waals surface area contributed by atoms with Gasteiger partial charge in [-0.1, -0.05) is 19.1 Å². The minimum absolute atomic E-state index is 0.0294. The molecule has 0 spiro atoms. The highest BCUT2D eigenvalue weighted by atomic mass is 16.5. The van der Waals surface area contributed by atoms with E-state index in [-0.39, 0.29) is 24.5 Å². The first-order valence-corrected chi connectivity index (χ1v) is 9.06. The van der Waals surface area contributed by atoms with Crippen molar-refractivity contribution in [2.45, 2.75) is 32.2 Å². The number of benzene rings is 1. The summed E-state index contributed by atoms with van der Waals surface area (Å²) in [5.74, 6) is 0.603. The van der Waals surface area contributed by atoms with E-state index in [0.717, 1.165) is 19.3 Å². The van der Waals surface area contributed by atoms with Gasteiger partial charge in [0.1, 0.15) is 11.8 Å². The maximum absolute atomic E-state index is 12.7. The van der Waals surface area contributed by atoms with Crippen molar-refractivity contribution in [1.82, 2.24) is 9.80 Å². The van der Waals surface area contributed by atoms with Gasteiger partial charge in [-0.2, -0.15) is 0 Å². The van der Waals surface area contributed by atoms with Crippen molar-refractivity contribution in [3.05, 3.63) is 29.8 Å². The molecule has 2 fully saturated rings. The first-order valence-electron chi connectivity index (χ1n) is 9.06. The van der Waals surface area contributed by atoms with Gasteiger partial charge in [-0.3, -0.25) is 9.59 Å². The average molecular weight is 346 g/mol. The van der Waals surface area contributed by atoms with Gasteiger partial charge in [-0.25, -0.2) is 0 Å². The van der Waals surface area contributed by atoms with Crippen LogP contribution in [0.1, 0.15) is 25.3 Å². The molecule has 0 saturated carbocycles. The molecule has 1 aromatic rings. The molecule has 25 heavy (non-hydrogen) atoms. The summed E-state index contributed by atoms with van der Waals surface area (Å²) in [7, 11) is 0. The third-order valence-corrected chi connectivity index (χ3v) is 4.87. The molecule has 136 valence electrons. The molecule has 6 heteroatoms. The van der Waals surface area contributed by atoms with Crippen LogP contribution in [0, 0.1) is 0 Å². The van der Waals surface area contributed by atoms with Crippen molar-refractivity contribution in [1.29, 1.82) is 0 Å². The van der Waals surface area contributed by atoms with Gasteiger partial charge >= 0.3 is 0 Å². The van der Waals surface area contributed by atoms with E-state index in [1.54, 1.807) is 4.90 Å². The van der Waals surface area contributed by atoms with Crippen LogP contribution in [0.25, 0.3) is 0 Å². The number of nitrogens with zero attached hydrogens (tertiary/aromatic N) is 2. The first-order chi connectivity index (χ1) is 12.2. The number of aryl methyl sites for hydroxylation is 1. The van der Waals surface area contributed by atoms with E-state index in [1.165, 1.54) is 5.56 Å². The predicted octanol–water partition coefficient (Wildman–Crippen LogP) is 1.48. The topological polar surface area (TPSA) is 59.1 Å². The summed E-state index contributed by atoms with van der Waals surface area (Å²) in [5, 5.41) is 0. The number of hydrogen-bond acceptors (Lipinski definition) is 4. The normalized spacial score (nSPS) is 20.6. The molecule has 0 bridgehead atoms. The molecule has 0 aliphatic carbocycles. The first kappa shape index (κ1) is 17.7. The highest BCUT2D eigenvalue weighted by molar-refractivity contribution is 5.88. The fraction of sp³-hybridized carbons (Fsp3) is 0.579. The molecule has 1 atom stereocenters. The lowest BCUT2D eigenvalue weighted by Crippen LogP contribution is -2.51. The molecule has 6 nitrogen and oxygen atoms in total. The number of carbonyl (C=O) groups is 2. The second-order valence-electron chi connectivity index (χ2n) is 6.47. The number of rotatable bonds is 5. The van der Waals surface area contributed by atoms with Gasteiger partial charge in [-0.05, 0) is 37.0 Å². The maximum atomic E-state index is 12.7. The molecular weight excluding hydrogens is 320 g/mol. The summed E-state index contributed by atoms with van der Waals surface area (Å²) in [6, 6.07) is 7.41. The smallest absolute Gasteiger partial charge is 0.261 e. The van der Waals surface area contributed by atoms with Crippen LogP contribution in [-0.4, -0.2) is 67.1 Å². The highest BCUT2D eigenvalue weighted by Crippen LogP contribution is 2.21. The fourth-order valence-corrected chi connectivity index (χ4v) is 3.37. The van der Waals surface area contributed by atoms with Crippen molar-refractivity contribution < 1.29 is 19.1 Å². The van der Waals surface area contributed by atoms with Crippen molar-refractivity contribution in [3.8, 4) is 5.75 Å². The second kappa shape index (κ2) is 8.34. The van der Waals surface area contributed by atoms with Crippen LogP contribution < -0.4 is 4.74 Å². The van der Waals surface area contributed by atoms with Gasteiger partial charge in [-0.15, -0.1) is 0 Å². The van der Waals surface area contributed by atoms with E-state index in [2.05, 4.69) is 6.92 Å². The highest BCUT2D eigenvalue weighted by Gasteiger charge is 2.36. The van der Waals surface area contributed by atoms with Gasteiger partial charge in [0.05, 0.1) is 13.2 Å². The average Bonchev–Trinajstić information content (AvgIpc) is 3.16. The zero-order valence-corrected chi connectivity index (χ0v) is 14.8. The quantitative estimate of drug-likeness (QED) is 0.810. The molecule has 2 aliphatic heterocycles. The Hall–Kier alpha value is -2.08. The third-order valence-electron chi connectivity index (χ3n) is 4.87. The molecule has 2 saturated heterocycles. The maximum Gasteiger partial charge on any atom is 0.261 e. The number of carbonyl (C=O) groups excluding carboxylic acids is 2. The number of hydrogen-bond donors (Lipinski definition) is 0. The SMILES string of the molecule is CCc1ccc(OCC(=O)N2CCC[C@H]2C(=O)N2CCOCC2)cc1. The standard InChI is InChI=1S/C19H26N2O4/c1-2-15-5-7-16(8-6-15)25-14-18(22)21-9-3-4-17(21)19(23)20-10-12-24-13-11-20/h5-8,17H,2-4,9-14H2,1H3/t17-/m0/s1. The number of amides is 2. The zero-order chi connectivity index (χ0) is 17.6. The van der Waals surface area contributed by atoms with Crippen LogP contribution in [0.2, 0.25) is 0 Å². The number of morpholine rings is 1. The Labute approximate surface area is 148 Å². The van der Waals surface area contributed by atoms with Gasteiger partial charge in [0, 0.05) is 19.6 Å². The summed E-state index contributed by atoms with van der Waals surface area (Å²) in [4.78, 5) is 28.7. The predicted molar refractivity (Wildman–Crippen MR) is 93.4 cm³/mol. The minimum Gasteiger partial charge on any atom is -0.484 e. The van der Waals surface area contributed by atoms with E-state index >= 15 is 0 Å². The molecule has 0 N–H and O–H groups in total. The van der Waals surface area contributed by atoms with E-state index in [0.29, 0.717) is 38.6 Å². The van der Waals surface area contributed by atoms with E-state index in [4.69, 9.17) is 9.47 Å². The lowest BCUT2D eigenvalue weighted by molar-refractivity contribution is -0.147. The Kier molecular flexibility index (Phi) is 5.91. The Morgan fingerprint density at radius 2 is 1.88 bits per heavy atom. The van der Waals surface area contributed by atoms with Crippen LogP contribution >= 0.6 is 0 Å². The minimum atomic E-state index is -0.350. The van der Waals surface area contributed by atoms with Crippen LogP contribution in [-0.2, 0) is 20.7 Å². The molecule has 0 unspecified atom stereocenters. The summed E-state index contributed by atoms with van der Waals surface area (Å²) < 4.78 is 10.9. The Morgan fingerprint density at radius 3 is 2.56 bits per heavy atom. The van der Waals surface area contributed by atoms with E-state index < -0.39 is 0 Å². The largest absolute Gasteiger partial charge is 0.484 e. The molecule has 1 aromatic carbocycles. The second-order valence-corrected chi connectivity index (χ2v) is 6.47. The van der Waals surface area contributed by atoms with Crippen molar-refractivity contribution in [2.24, 2.45) is 0 Å². The molecule has 2 amide bonds. The van der Waals surface area contributed by atoms with Crippen LogP contribution in [0.15, 0.2) is 24.3 Å². The molecule has 2 heterocycles. The summed E-state index contributed by atoms with van der Waals surface area (Å²) in [6.07, 6.45) is 2.56. The van der Waals surface area contributed by atoms with E-state index in [9.17, 15) is 9.59 Å². The zero-order valence-electron chi connectivity index (χ0n) is 14.8. The summed E-state index contributed by atoms with van der Waals surface area (Å²) in [6.45, 7) is 5.05. The van der Waals surface area contributed by atoms with Crippen molar-refractivity contribution in [3.63, 3.8) is 0 Å². The van der Waals surface area contributed by atoms with Crippen molar-refractivity contribution >= 4 is 11.8 Å². The van der Waals surface area contributed by atoms with E-state index in [1.807, 2.05) is 29.2 Å². The van der Waals surface area contributed by atoms with Crippen LogP contribution in [0.3, 0.4) is 0 Å². The van der Waals surface area contributed by atoms with Crippen LogP contribution in [0.4, 0.5) is 0 Å². The lowest BCUT2D eigenvalue weighted by Gasteiger charge is -2.32. The number of ether oxygens (including phenoxy) is 2. The third kappa shape index (κ3) is 4.31. The van der Waals surface area contributed by atoms with Crippen molar-refractivity contribution in [2.75, 3.05) is 39.5 Å². The van der Waals surface area contributed by atoms with Gasteiger partial charge < -0.3 is 19.3 Å². The molecule has 0 radical (unpaired) electrons. The Balaban J connectivity index is 1.55. The van der Waals surface area contributed by atoms with Crippen LogP contribution in [0.5, 0.6) is 5.75 Å². The summed E-state index contributed by atoms with van der Waals surface area (Å²) >= 11 is 0. The Morgan fingerprint density at radius 1 is 1.16 bits per heavy atom. The fourth-order valence-electron chi connectivity index (χ4n) is 3.37. The molecule has 3 rings (SSSR count). The molecular formula is C19H26N2O4.